The van der Waals surface area contributed by atoms with E-state index in [9.17, 15) is 4.79 Å². The van der Waals surface area contributed by atoms with Gasteiger partial charge in [-0.15, -0.1) is 11.8 Å². The third kappa shape index (κ3) is 4.89. The molecule has 0 aromatic carbocycles. The molecule has 1 N–H and O–H groups in total. The molecule has 3 heteroatoms. The van der Waals surface area contributed by atoms with Crippen molar-refractivity contribution in [3.63, 3.8) is 0 Å². The molecule has 0 saturated heterocycles. The first kappa shape index (κ1) is 11.9. The fraction of sp³-hybridized carbons (Fsp3) is 0.909. The number of carbonyl (C=O) groups excluding carboxylic acids is 1. The van der Waals surface area contributed by atoms with Gasteiger partial charge in [-0.05, 0) is 33.6 Å². The van der Waals surface area contributed by atoms with E-state index in [1.54, 1.807) is 0 Å². The Bertz CT molecular complexity index is 192. The Labute approximate surface area is 91.2 Å². The van der Waals surface area contributed by atoms with Crippen LogP contribution in [0.2, 0.25) is 0 Å². The molecule has 1 fully saturated rings. The summed E-state index contributed by atoms with van der Waals surface area (Å²) in [6.07, 6.45) is 5.29. The molecule has 0 atom stereocenters. The molecule has 0 aliphatic heterocycles. The number of hydrogen-bond donors (Lipinski definition) is 1. The molecule has 0 unspecified atom stereocenters. The minimum Gasteiger partial charge on any atom is -0.351 e. The first-order chi connectivity index (χ1) is 6.47. The van der Waals surface area contributed by atoms with E-state index in [1.807, 2.05) is 32.5 Å². The average molecular weight is 215 g/mol. The first-order valence-corrected chi connectivity index (χ1v) is 6.45. The van der Waals surface area contributed by atoms with Crippen molar-refractivity contribution in [2.75, 3.05) is 5.75 Å². The van der Waals surface area contributed by atoms with Crippen molar-refractivity contribution in [2.24, 2.45) is 0 Å². The van der Waals surface area contributed by atoms with Gasteiger partial charge in [-0.2, -0.15) is 0 Å². The largest absolute Gasteiger partial charge is 0.351 e. The van der Waals surface area contributed by atoms with E-state index in [0.717, 1.165) is 5.25 Å². The summed E-state index contributed by atoms with van der Waals surface area (Å²) in [7, 11) is 0. The predicted octanol–water partition coefficient (Wildman–Crippen LogP) is 2.58. The van der Waals surface area contributed by atoms with Crippen LogP contribution in [-0.4, -0.2) is 22.4 Å². The molecule has 1 amide bonds. The fourth-order valence-corrected chi connectivity index (χ4v) is 2.83. The van der Waals surface area contributed by atoms with E-state index < -0.39 is 0 Å². The average Bonchev–Trinajstić information content (AvgIpc) is 2.49. The van der Waals surface area contributed by atoms with Crippen molar-refractivity contribution in [2.45, 2.75) is 57.2 Å². The molecule has 0 spiro atoms. The molecule has 1 aliphatic rings. The van der Waals surface area contributed by atoms with Gasteiger partial charge in [-0.25, -0.2) is 0 Å². The summed E-state index contributed by atoms with van der Waals surface area (Å²) in [6.45, 7) is 6.06. The zero-order valence-electron chi connectivity index (χ0n) is 9.43. The second-order valence-corrected chi connectivity index (χ2v) is 6.30. The quantitative estimate of drug-likeness (QED) is 0.784. The van der Waals surface area contributed by atoms with E-state index in [4.69, 9.17) is 0 Å². The highest BCUT2D eigenvalue weighted by Crippen LogP contribution is 2.29. The van der Waals surface area contributed by atoms with E-state index in [1.165, 1.54) is 25.7 Å². The van der Waals surface area contributed by atoms with Crippen molar-refractivity contribution >= 4 is 17.7 Å². The minimum atomic E-state index is -0.0900. The van der Waals surface area contributed by atoms with Crippen LogP contribution >= 0.6 is 11.8 Å². The molecule has 0 aromatic rings. The Morgan fingerprint density at radius 1 is 1.36 bits per heavy atom. The normalized spacial score (nSPS) is 18.5. The second-order valence-electron chi connectivity index (χ2n) is 5.02. The van der Waals surface area contributed by atoms with Crippen LogP contribution in [0.5, 0.6) is 0 Å². The monoisotopic (exact) mass is 215 g/mol. The highest BCUT2D eigenvalue weighted by atomic mass is 32.2. The van der Waals surface area contributed by atoms with Crippen LogP contribution in [0, 0.1) is 0 Å². The van der Waals surface area contributed by atoms with Gasteiger partial charge in [0.15, 0.2) is 0 Å². The molecule has 2 nitrogen and oxygen atoms in total. The fourth-order valence-electron chi connectivity index (χ4n) is 1.70. The van der Waals surface area contributed by atoms with E-state index in [2.05, 4.69) is 5.32 Å². The Balaban J connectivity index is 2.14. The van der Waals surface area contributed by atoms with Crippen molar-refractivity contribution < 1.29 is 4.79 Å². The molecular formula is C11H21NOS. The molecule has 14 heavy (non-hydrogen) atoms. The smallest absolute Gasteiger partial charge is 0.230 e. The van der Waals surface area contributed by atoms with Gasteiger partial charge in [0.25, 0.3) is 0 Å². The lowest BCUT2D eigenvalue weighted by atomic mass is 10.1. The first-order valence-electron chi connectivity index (χ1n) is 5.40. The number of thioether (sulfide) groups is 1. The molecule has 0 bridgehead atoms. The summed E-state index contributed by atoms with van der Waals surface area (Å²) in [6, 6.07) is 0. The Morgan fingerprint density at radius 3 is 2.43 bits per heavy atom. The van der Waals surface area contributed by atoms with Crippen molar-refractivity contribution in [1.29, 1.82) is 0 Å². The van der Waals surface area contributed by atoms with E-state index in [-0.39, 0.29) is 11.4 Å². The lowest BCUT2D eigenvalue weighted by molar-refractivity contribution is -0.119. The Morgan fingerprint density at radius 2 is 1.93 bits per heavy atom. The van der Waals surface area contributed by atoms with E-state index >= 15 is 0 Å². The van der Waals surface area contributed by atoms with Crippen LogP contribution in [-0.2, 0) is 4.79 Å². The van der Waals surface area contributed by atoms with Gasteiger partial charge in [-0.3, -0.25) is 4.79 Å². The van der Waals surface area contributed by atoms with Crippen LogP contribution in [0.1, 0.15) is 46.5 Å². The van der Waals surface area contributed by atoms with Gasteiger partial charge in [0.05, 0.1) is 5.75 Å². The third-order valence-corrected chi connectivity index (χ3v) is 3.64. The summed E-state index contributed by atoms with van der Waals surface area (Å²) in [5.41, 5.74) is -0.0900. The maximum atomic E-state index is 11.5. The van der Waals surface area contributed by atoms with Crippen LogP contribution in [0.4, 0.5) is 0 Å². The molecule has 82 valence electrons. The molecule has 1 saturated carbocycles. The number of amides is 1. The Kier molecular flexibility index (Phi) is 4.30. The van der Waals surface area contributed by atoms with Gasteiger partial charge >= 0.3 is 0 Å². The zero-order valence-corrected chi connectivity index (χ0v) is 10.2. The number of carbonyl (C=O) groups is 1. The predicted molar refractivity (Wildman–Crippen MR) is 62.6 cm³/mol. The molecule has 0 radical (unpaired) electrons. The molecule has 0 heterocycles. The van der Waals surface area contributed by atoms with Gasteiger partial charge < -0.3 is 5.32 Å². The molecule has 0 aromatic heterocycles. The standard InChI is InChI=1S/C11H21NOS/c1-11(2,3)12-10(13)8-14-9-6-4-5-7-9/h9H,4-8H2,1-3H3,(H,12,13). The lowest BCUT2D eigenvalue weighted by Crippen LogP contribution is -2.41. The van der Waals surface area contributed by atoms with Crippen LogP contribution in [0.3, 0.4) is 0 Å². The number of hydrogen-bond acceptors (Lipinski definition) is 2. The highest BCUT2D eigenvalue weighted by Gasteiger charge is 2.18. The van der Waals surface area contributed by atoms with E-state index in [0.29, 0.717) is 5.75 Å². The van der Waals surface area contributed by atoms with Crippen molar-refractivity contribution in [3.8, 4) is 0 Å². The zero-order chi connectivity index (χ0) is 10.6. The van der Waals surface area contributed by atoms with Crippen molar-refractivity contribution in [3.05, 3.63) is 0 Å². The molecular weight excluding hydrogens is 194 g/mol. The highest BCUT2D eigenvalue weighted by molar-refractivity contribution is 8.00. The van der Waals surface area contributed by atoms with Crippen LogP contribution in [0.25, 0.3) is 0 Å². The second kappa shape index (κ2) is 5.06. The van der Waals surface area contributed by atoms with Crippen molar-refractivity contribution in [1.82, 2.24) is 5.32 Å². The SMILES string of the molecule is CC(C)(C)NC(=O)CSC1CCCC1. The summed E-state index contributed by atoms with van der Waals surface area (Å²) < 4.78 is 0. The molecule has 1 aliphatic carbocycles. The third-order valence-electron chi connectivity index (χ3n) is 2.27. The van der Waals surface area contributed by atoms with Crippen LogP contribution < -0.4 is 5.32 Å². The van der Waals surface area contributed by atoms with Gasteiger partial charge in [0, 0.05) is 10.8 Å². The van der Waals surface area contributed by atoms with Gasteiger partial charge in [0.2, 0.25) is 5.91 Å². The van der Waals surface area contributed by atoms with Gasteiger partial charge in [-0.1, -0.05) is 12.8 Å². The Hall–Kier alpha value is -0.180. The lowest BCUT2D eigenvalue weighted by Gasteiger charge is -2.20. The number of rotatable bonds is 3. The maximum absolute atomic E-state index is 11.5. The maximum Gasteiger partial charge on any atom is 0.230 e. The van der Waals surface area contributed by atoms with Crippen LogP contribution in [0.15, 0.2) is 0 Å². The summed E-state index contributed by atoms with van der Waals surface area (Å²) in [5.74, 6) is 0.802. The molecule has 1 rings (SSSR count). The number of nitrogens with one attached hydrogen (secondary N) is 1. The topological polar surface area (TPSA) is 29.1 Å². The minimum absolute atomic E-state index is 0.0900. The van der Waals surface area contributed by atoms with Gasteiger partial charge in [0.1, 0.15) is 0 Å². The summed E-state index contributed by atoms with van der Waals surface area (Å²) in [5, 5.41) is 3.72. The summed E-state index contributed by atoms with van der Waals surface area (Å²) in [4.78, 5) is 11.5. The summed E-state index contributed by atoms with van der Waals surface area (Å²) >= 11 is 1.82.